The van der Waals surface area contributed by atoms with E-state index in [2.05, 4.69) is 18.7 Å². The van der Waals surface area contributed by atoms with E-state index in [0.29, 0.717) is 38.8 Å². The lowest BCUT2D eigenvalue weighted by Gasteiger charge is -2.53. The van der Waals surface area contributed by atoms with Gasteiger partial charge in [-0.2, -0.15) is 0 Å². The Labute approximate surface area is 215 Å². The molecule has 0 bridgehead atoms. The number of rotatable bonds is 5. The molecule has 0 radical (unpaired) electrons. The predicted octanol–water partition coefficient (Wildman–Crippen LogP) is 4.66. The summed E-state index contributed by atoms with van der Waals surface area (Å²) in [6, 6.07) is 10.8. The summed E-state index contributed by atoms with van der Waals surface area (Å²) >= 11 is 0. The molecular weight excluding hydrogens is 458 g/mol. The number of hydrogen-bond acceptors (Lipinski definition) is 6. The molecule has 2 aliphatic heterocycles. The van der Waals surface area contributed by atoms with E-state index in [9.17, 15) is 9.59 Å². The van der Waals surface area contributed by atoms with Crippen LogP contribution in [0.1, 0.15) is 65.9 Å². The van der Waals surface area contributed by atoms with Crippen molar-refractivity contribution in [1.29, 1.82) is 0 Å². The molecule has 0 unspecified atom stereocenters. The molecule has 2 atom stereocenters. The number of hydrogen-bond donors (Lipinski definition) is 0. The normalized spacial score (nSPS) is 27.9. The largest absolute Gasteiger partial charge is 0.445 e. The van der Waals surface area contributed by atoms with Gasteiger partial charge in [-0.15, -0.1) is 0 Å². The average molecular weight is 502 g/mol. The Morgan fingerprint density at radius 2 is 1.50 bits per heavy atom. The van der Waals surface area contributed by atoms with Gasteiger partial charge < -0.3 is 24.0 Å². The highest BCUT2D eigenvalue weighted by Gasteiger charge is 2.43. The fraction of sp³-hybridized carbons (Fsp3) is 0.714. The van der Waals surface area contributed by atoms with Gasteiger partial charge in [0.2, 0.25) is 0 Å². The SMILES string of the molecule is C[C@@H]1CN(C(=O)OC(C)(C)C)C[C@@H](C)N1C1CC(OC2CCN(C(=O)OCc3ccccc3)CC2)C1. The van der Waals surface area contributed by atoms with Crippen LogP contribution in [0.4, 0.5) is 9.59 Å². The van der Waals surface area contributed by atoms with Gasteiger partial charge in [-0.3, -0.25) is 4.90 Å². The van der Waals surface area contributed by atoms with Gasteiger partial charge in [-0.1, -0.05) is 30.3 Å². The maximum atomic E-state index is 12.5. The predicted molar refractivity (Wildman–Crippen MR) is 138 cm³/mol. The summed E-state index contributed by atoms with van der Waals surface area (Å²) in [7, 11) is 0. The first kappa shape index (κ1) is 26.7. The van der Waals surface area contributed by atoms with Crippen LogP contribution >= 0.6 is 0 Å². The molecule has 4 rings (SSSR count). The third-order valence-electron chi connectivity index (χ3n) is 7.42. The van der Waals surface area contributed by atoms with Crippen LogP contribution in [-0.4, -0.2) is 89.0 Å². The van der Waals surface area contributed by atoms with Crippen LogP contribution in [0, 0.1) is 0 Å². The van der Waals surface area contributed by atoms with Crippen molar-refractivity contribution >= 4 is 12.2 Å². The van der Waals surface area contributed by atoms with Crippen molar-refractivity contribution in [1.82, 2.24) is 14.7 Å². The lowest BCUT2D eigenvalue weighted by atomic mass is 9.84. The Kier molecular flexibility index (Phi) is 8.45. The second-order valence-electron chi connectivity index (χ2n) is 11.6. The number of piperazine rings is 1. The van der Waals surface area contributed by atoms with Gasteiger partial charge in [0.15, 0.2) is 0 Å². The third kappa shape index (κ3) is 6.91. The van der Waals surface area contributed by atoms with E-state index in [-0.39, 0.29) is 36.5 Å². The number of benzene rings is 1. The fourth-order valence-corrected chi connectivity index (χ4v) is 5.68. The lowest BCUT2D eigenvalue weighted by molar-refractivity contribution is -0.122. The van der Waals surface area contributed by atoms with Gasteiger partial charge in [0, 0.05) is 44.3 Å². The summed E-state index contributed by atoms with van der Waals surface area (Å²) < 4.78 is 17.5. The molecule has 0 spiro atoms. The number of carbonyl (C=O) groups excluding carboxylic acids is 2. The number of amides is 2. The molecule has 1 aromatic carbocycles. The molecule has 2 amide bonds. The Hall–Kier alpha value is -2.32. The molecule has 0 N–H and O–H groups in total. The van der Waals surface area contributed by atoms with Crippen molar-refractivity contribution in [2.45, 2.75) is 103 Å². The van der Waals surface area contributed by atoms with Gasteiger partial charge in [0.05, 0.1) is 12.2 Å². The summed E-state index contributed by atoms with van der Waals surface area (Å²) in [6.45, 7) is 13.2. The minimum Gasteiger partial charge on any atom is -0.445 e. The van der Waals surface area contributed by atoms with E-state index in [1.165, 1.54) is 0 Å². The zero-order valence-electron chi connectivity index (χ0n) is 22.5. The highest BCUT2D eigenvalue weighted by Crippen LogP contribution is 2.35. The lowest BCUT2D eigenvalue weighted by Crippen LogP contribution is -2.64. The summed E-state index contributed by atoms with van der Waals surface area (Å²) in [6.07, 6.45) is 3.78. The van der Waals surface area contributed by atoms with Crippen molar-refractivity contribution in [2.75, 3.05) is 26.2 Å². The molecule has 3 fully saturated rings. The minimum absolute atomic E-state index is 0.202. The smallest absolute Gasteiger partial charge is 0.410 e. The highest BCUT2D eigenvalue weighted by molar-refractivity contribution is 5.68. The van der Waals surface area contributed by atoms with Gasteiger partial charge in [0.1, 0.15) is 12.2 Å². The van der Waals surface area contributed by atoms with Crippen LogP contribution in [0.25, 0.3) is 0 Å². The minimum atomic E-state index is -0.474. The van der Waals surface area contributed by atoms with Crippen LogP contribution in [0.3, 0.4) is 0 Å². The average Bonchev–Trinajstić information content (AvgIpc) is 2.80. The molecule has 36 heavy (non-hydrogen) atoms. The van der Waals surface area contributed by atoms with Crippen molar-refractivity contribution in [3.8, 4) is 0 Å². The fourth-order valence-electron chi connectivity index (χ4n) is 5.68. The molecule has 200 valence electrons. The zero-order valence-corrected chi connectivity index (χ0v) is 22.5. The summed E-state index contributed by atoms with van der Waals surface area (Å²) in [5.41, 5.74) is 0.524. The van der Waals surface area contributed by atoms with Gasteiger partial charge in [0.25, 0.3) is 0 Å². The summed E-state index contributed by atoms with van der Waals surface area (Å²) in [4.78, 5) is 31.1. The van der Waals surface area contributed by atoms with E-state index < -0.39 is 5.60 Å². The van der Waals surface area contributed by atoms with Gasteiger partial charge in [-0.05, 0) is 65.9 Å². The number of piperidine rings is 1. The Morgan fingerprint density at radius 3 is 2.08 bits per heavy atom. The Morgan fingerprint density at radius 1 is 0.889 bits per heavy atom. The van der Waals surface area contributed by atoms with Gasteiger partial charge >= 0.3 is 12.2 Å². The maximum Gasteiger partial charge on any atom is 0.410 e. The number of carbonyl (C=O) groups is 2. The molecule has 2 heterocycles. The summed E-state index contributed by atoms with van der Waals surface area (Å²) in [5.74, 6) is 0. The number of ether oxygens (including phenoxy) is 3. The molecule has 8 heteroatoms. The molecule has 3 aliphatic rings. The number of nitrogens with zero attached hydrogens (tertiary/aromatic N) is 3. The van der Waals surface area contributed by atoms with Crippen LogP contribution in [0.15, 0.2) is 30.3 Å². The molecule has 2 saturated heterocycles. The maximum absolute atomic E-state index is 12.5. The van der Waals surface area contributed by atoms with E-state index in [4.69, 9.17) is 14.2 Å². The van der Waals surface area contributed by atoms with E-state index >= 15 is 0 Å². The van der Waals surface area contributed by atoms with Crippen LogP contribution < -0.4 is 0 Å². The molecule has 1 aromatic rings. The Bertz CT molecular complexity index is 863. The molecule has 1 saturated carbocycles. The molecule has 0 aromatic heterocycles. The van der Waals surface area contributed by atoms with Crippen molar-refractivity contribution in [3.05, 3.63) is 35.9 Å². The molecule has 1 aliphatic carbocycles. The zero-order chi connectivity index (χ0) is 25.9. The first-order valence-electron chi connectivity index (χ1n) is 13.5. The second-order valence-corrected chi connectivity index (χ2v) is 11.6. The topological polar surface area (TPSA) is 71.6 Å². The Balaban J connectivity index is 1.15. The quantitative estimate of drug-likeness (QED) is 0.584. The molecule has 8 nitrogen and oxygen atoms in total. The monoisotopic (exact) mass is 501 g/mol. The van der Waals surface area contributed by atoms with E-state index in [1.807, 2.05) is 56.0 Å². The van der Waals surface area contributed by atoms with Gasteiger partial charge in [-0.25, -0.2) is 9.59 Å². The third-order valence-corrected chi connectivity index (χ3v) is 7.42. The first-order chi connectivity index (χ1) is 17.1. The van der Waals surface area contributed by atoms with Crippen molar-refractivity contribution in [2.24, 2.45) is 0 Å². The van der Waals surface area contributed by atoms with E-state index in [1.54, 1.807) is 4.90 Å². The van der Waals surface area contributed by atoms with Crippen LogP contribution in [0.5, 0.6) is 0 Å². The van der Waals surface area contributed by atoms with E-state index in [0.717, 1.165) is 31.2 Å². The summed E-state index contributed by atoms with van der Waals surface area (Å²) in [5, 5.41) is 0. The molecular formula is C28H43N3O5. The first-order valence-corrected chi connectivity index (χ1v) is 13.5. The number of likely N-dealkylation sites (tertiary alicyclic amines) is 1. The second kappa shape index (κ2) is 11.4. The van der Waals surface area contributed by atoms with Crippen LogP contribution in [-0.2, 0) is 20.8 Å². The van der Waals surface area contributed by atoms with Crippen LogP contribution in [0.2, 0.25) is 0 Å². The standard InChI is InChI=1S/C28H43N3O5/c1-20-17-30(27(33)36-28(3,4)5)18-21(2)31(20)23-15-25(16-23)35-24-11-13-29(14-12-24)26(32)34-19-22-9-7-6-8-10-22/h6-10,20-21,23-25H,11-19H2,1-5H3/t20-,21-,23?,25?/m1/s1. The van der Waals surface area contributed by atoms with Crippen molar-refractivity contribution < 1.29 is 23.8 Å². The van der Waals surface area contributed by atoms with Crippen molar-refractivity contribution in [3.63, 3.8) is 0 Å². The highest BCUT2D eigenvalue weighted by atomic mass is 16.6.